The van der Waals surface area contributed by atoms with Crippen molar-refractivity contribution < 1.29 is 18.8 Å². The van der Waals surface area contributed by atoms with Gasteiger partial charge >= 0.3 is 6.09 Å². The Morgan fingerprint density at radius 1 is 1.21 bits per heavy atom. The maximum Gasteiger partial charge on any atom is 0.410 e. The minimum Gasteiger partial charge on any atom is -0.444 e. The van der Waals surface area contributed by atoms with Crippen molar-refractivity contribution in [2.75, 3.05) is 13.1 Å². The van der Waals surface area contributed by atoms with E-state index in [1.807, 2.05) is 34.6 Å². The summed E-state index contributed by atoms with van der Waals surface area (Å²) in [5.41, 5.74) is -0.492. The van der Waals surface area contributed by atoms with Crippen molar-refractivity contribution in [3.8, 4) is 0 Å². The molecule has 162 valence electrons. The summed E-state index contributed by atoms with van der Waals surface area (Å²) >= 11 is 0. The largest absolute Gasteiger partial charge is 0.444 e. The number of hydrogen-bond donors (Lipinski definition) is 1. The van der Waals surface area contributed by atoms with Gasteiger partial charge in [0.25, 0.3) is 0 Å². The summed E-state index contributed by atoms with van der Waals surface area (Å²) in [5, 5.41) is 7.15. The Kier molecular flexibility index (Phi) is 6.49. The molecule has 3 rings (SSSR count). The summed E-state index contributed by atoms with van der Waals surface area (Å²) in [5.74, 6) is 2.08. The third kappa shape index (κ3) is 6.18. The summed E-state index contributed by atoms with van der Waals surface area (Å²) in [6.07, 6.45) is 3.98. The highest BCUT2D eigenvalue weighted by molar-refractivity contribution is 5.76. The first-order valence-corrected chi connectivity index (χ1v) is 10.7. The number of ether oxygens (including phenoxy) is 1. The molecule has 0 aromatic carbocycles. The van der Waals surface area contributed by atoms with Crippen LogP contribution >= 0.6 is 0 Å². The van der Waals surface area contributed by atoms with Crippen LogP contribution in [0.1, 0.15) is 90.4 Å². The molecule has 1 aromatic heterocycles. The lowest BCUT2D eigenvalue weighted by molar-refractivity contribution is -0.123. The zero-order chi connectivity index (χ0) is 21.2. The standard InChI is InChI=1S/C21H34N4O4/c1-13(2)17(19-23-18(24-29-19)15-6-7-15)22-16(26)12-14-8-10-25(11-9-14)20(27)28-21(3,4)5/h13-15,17H,6-12H2,1-5H3,(H,22,26). The fourth-order valence-electron chi connectivity index (χ4n) is 3.54. The fraction of sp³-hybridized carbons (Fsp3) is 0.810. The number of aromatic nitrogens is 2. The van der Waals surface area contributed by atoms with E-state index < -0.39 is 5.60 Å². The van der Waals surface area contributed by atoms with Crippen LogP contribution in [0.15, 0.2) is 4.52 Å². The molecule has 0 spiro atoms. The van der Waals surface area contributed by atoms with Gasteiger partial charge in [-0.15, -0.1) is 0 Å². The first-order valence-electron chi connectivity index (χ1n) is 10.7. The highest BCUT2D eigenvalue weighted by Gasteiger charge is 2.32. The van der Waals surface area contributed by atoms with E-state index in [-0.39, 0.29) is 29.9 Å². The van der Waals surface area contributed by atoms with Gasteiger partial charge in [-0.3, -0.25) is 4.79 Å². The fourth-order valence-corrected chi connectivity index (χ4v) is 3.54. The van der Waals surface area contributed by atoms with E-state index in [1.54, 1.807) is 4.90 Å². The molecule has 1 N–H and O–H groups in total. The summed E-state index contributed by atoms with van der Waals surface area (Å²) in [6, 6.07) is -0.274. The molecule has 0 radical (unpaired) electrons. The van der Waals surface area contributed by atoms with E-state index in [1.165, 1.54) is 0 Å². The molecule has 1 aromatic rings. The lowest BCUT2D eigenvalue weighted by Crippen LogP contribution is -2.42. The number of carbonyl (C=O) groups excluding carboxylic acids is 2. The van der Waals surface area contributed by atoms with Gasteiger partial charge in [0.1, 0.15) is 11.6 Å². The number of likely N-dealkylation sites (tertiary alicyclic amines) is 1. The third-order valence-electron chi connectivity index (χ3n) is 5.39. The molecule has 1 aliphatic heterocycles. The normalized spacial score (nSPS) is 19.3. The second-order valence-electron chi connectivity index (χ2n) is 9.67. The molecule has 2 fully saturated rings. The molecular formula is C21H34N4O4. The van der Waals surface area contributed by atoms with E-state index >= 15 is 0 Å². The molecule has 1 atom stereocenters. The van der Waals surface area contributed by atoms with Gasteiger partial charge < -0.3 is 19.5 Å². The first kappa shape index (κ1) is 21.6. The Labute approximate surface area is 172 Å². The zero-order valence-corrected chi connectivity index (χ0v) is 18.2. The minimum absolute atomic E-state index is 0.00871. The van der Waals surface area contributed by atoms with Crippen molar-refractivity contribution in [2.45, 2.75) is 84.3 Å². The smallest absolute Gasteiger partial charge is 0.410 e. The number of carbonyl (C=O) groups is 2. The van der Waals surface area contributed by atoms with Gasteiger partial charge in [-0.05, 0) is 58.3 Å². The number of rotatable bonds is 6. The van der Waals surface area contributed by atoms with Gasteiger partial charge in [0, 0.05) is 25.4 Å². The molecule has 1 saturated carbocycles. The van der Waals surface area contributed by atoms with Crippen molar-refractivity contribution in [3.05, 3.63) is 11.7 Å². The Morgan fingerprint density at radius 3 is 2.41 bits per heavy atom. The minimum atomic E-state index is -0.492. The summed E-state index contributed by atoms with van der Waals surface area (Å²) in [4.78, 5) is 31.1. The van der Waals surface area contributed by atoms with E-state index in [9.17, 15) is 9.59 Å². The molecule has 2 aliphatic rings. The summed E-state index contributed by atoms with van der Waals surface area (Å²) < 4.78 is 10.9. The van der Waals surface area contributed by atoms with E-state index in [0.29, 0.717) is 31.3 Å². The van der Waals surface area contributed by atoms with Crippen LogP contribution in [0, 0.1) is 11.8 Å². The van der Waals surface area contributed by atoms with E-state index in [2.05, 4.69) is 15.5 Å². The van der Waals surface area contributed by atoms with Crippen LogP contribution in [0.2, 0.25) is 0 Å². The zero-order valence-electron chi connectivity index (χ0n) is 18.2. The van der Waals surface area contributed by atoms with E-state index in [0.717, 1.165) is 31.5 Å². The summed E-state index contributed by atoms with van der Waals surface area (Å²) in [6.45, 7) is 10.9. The molecule has 2 amide bonds. The van der Waals surface area contributed by atoms with Gasteiger partial charge in [0.2, 0.25) is 11.8 Å². The average Bonchev–Trinajstić information content (AvgIpc) is 3.36. The highest BCUT2D eigenvalue weighted by Crippen LogP contribution is 2.38. The Bertz CT molecular complexity index is 713. The second-order valence-corrected chi connectivity index (χ2v) is 9.67. The number of hydrogen-bond acceptors (Lipinski definition) is 6. The molecule has 8 heteroatoms. The van der Waals surface area contributed by atoms with Crippen LogP contribution in [0.5, 0.6) is 0 Å². The molecule has 1 unspecified atom stereocenters. The van der Waals surface area contributed by atoms with Crippen molar-refractivity contribution >= 4 is 12.0 Å². The van der Waals surface area contributed by atoms with Gasteiger partial charge in [0.05, 0.1) is 0 Å². The topological polar surface area (TPSA) is 97.6 Å². The lowest BCUT2D eigenvalue weighted by Gasteiger charge is -2.33. The number of piperidine rings is 1. The van der Waals surface area contributed by atoms with Crippen LogP contribution in [0.4, 0.5) is 4.79 Å². The van der Waals surface area contributed by atoms with Crippen molar-refractivity contribution in [2.24, 2.45) is 11.8 Å². The summed E-state index contributed by atoms with van der Waals surface area (Å²) in [7, 11) is 0. The Morgan fingerprint density at radius 2 is 1.86 bits per heavy atom. The van der Waals surface area contributed by atoms with Crippen LogP contribution in [-0.4, -0.2) is 45.7 Å². The molecular weight excluding hydrogens is 372 g/mol. The molecule has 8 nitrogen and oxygen atoms in total. The monoisotopic (exact) mass is 406 g/mol. The van der Waals surface area contributed by atoms with Crippen LogP contribution in [0.25, 0.3) is 0 Å². The van der Waals surface area contributed by atoms with Crippen LogP contribution in [-0.2, 0) is 9.53 Å². The predicted molar refractivity (Wildman–Crippen MR) is 107 cm³/mol. The lowest BCUT2D eigenvalue weighted by atomic mass is 9.93. The third-order valence-corrected chi connectivity index (χ3v) is 5.39. The van der Waals surface area contributed by atoms with Crippen LogP contribution < -0.4 is 5.32 Å². The molecule has 29 heavy (non-hydrogen) atoms. The maximum atomic E-state index is 12.6. The van der Waals surface area contributed by atoms with Crippen molar-refractivity contribution in [1.82, 2.24) is 20.4 Å². The van der Waals surface area contributed by atoms with Crippen LogP contribution in [0.3, 0.4) is 0 Å². The van der Waals surface area contributed by atoms with Gasteiger partial charge in [-0.2, -0.15) is 4.98 Å². The second kappa shape index (κ2) is 8.71. The molecule has 0 bridgehead atoms. The number of amides is 2. The SMILES string of the molecule is CC(C)C(NC(=O)CC1CCN(C(=O)OC(C)(C)C)CC1)c1nc(C2CC2)no1. The Balaban J connectivity index is 1.47. The maximum absolute atomic E-state index is 12.6. The number of nitrogens with zero attached hydrogens (tertiary/aromatic N) is 3. The number of nitrogens with one attached hydrogen (secondary N) is 1. The first-order chi connectivity index (χ1) is 13.6. The van der Waals surface area contributed by atoms with Gasteiger partial charge in [0.15, 0.2) is 5.82 Å². The highest BCUT2D eigenvalue weighted by atomic mass is 16.6. The molecule has 1 saturated heterocycles. The van der Waals surface area contributed by atoms with E-state index in [4.69, 9.17) is 9.26 Å². The van der Waals surface area contributed by atoms with Crippen molar-refractivity contribution in [3.63, 3.8) is 0 Å². The van der Waals surface area contributed by atoms with Gasteiger partial charge in [-0.25, -0.2) is 4.79 Å². The molecule has 1 aliphatic carbocycles. The quantitative estimate of drug-likeness (QED) is 0.772. The van der Waals surface area contributed by atoms with Gasteiger partial charge in [-0.1, -0.05) is 19.0 Å². The Hall–Kier alpha value is -2.12. The van der Waals surface area contributed by atoms with Crippen molar-refractivity contribution in [1.29, 1.82) is 0 Å². The molecule has 2 heterocycles. The average molecular weight is 407 g/mol. The predicted octanol–water partition coefficient (Wildman–Crippen LogP) is 3.80.